The molecule has 0 saturated carbocycles. The minimum atomic E-state index is -1.02. The van der Waals surface area contributed by atoms with Crippen molar-refractivity contribution in [3.63, 3.8) is 0 Å². The molecular formula is C15H21FN2O2. The van der Waals surface area contributed by atoms with Crippen molar-refractivity contribution in [3.05, 3.63) is 35.1 Å². The number of piperidine rings is 1. The van der Waals surface area contributed by atoms with Crippen LogP contribution >= 0.6 is 0 Å². The van der Waals surface area contributed by atoms with Gasteiger partial charge in [0.2, 0.25) is 0 Å². The van der Waals surface area contributed by atoms with E-state index in [0.29, 0.717) is 17.7 Å². The summed E-state index contributed by atoms with van der Waals surface area (Å²) in [6.07, 6.45) is 3.57. The van der Waals surface area contributed by atoms with Gasteiger partial charge in [-0.15, -0.1) is 0 Å². The van der Waals surface area contributed by atoms with E-state index in [1.807, 2.05) is 0 Å². The van der Waals surface area contributed by atoms with Gasteiger partial charge in [-0.05, 0) is 37.6 Å². The van der Waals surface area contributed by atoms with Crippen LogP contribution < -0.4 is 5.73 Å². The minimum Gasteiger partial charge on any atom is -0.481 e. The molecule has 0 radical (unpaired) electrons. The Kier molecular flexibility index (Phi) is 5.09. The summed E-state index contributed by atoms with van der Waals surface area (Å²) in [5.74, 6) is -2.20. The lowest BCUT2D eigenvalue weighted by molar-refractivity contribution is -0.138. The first-order valence-electron chi connectivity index (χ1n) is 7.05. The molecule has 1 heterocycles. The molecule has 110 valence electrons. The Hall–Kier alpha value is -1.46. The number of rotatable bonds is 5. The lowest BCUT2D eigenvalue weighted by Gasteiger charge is -2.26. The number of carboxylic acid groups (broad SMARTS) is 1. The number of nitrogens with zero attached hydrogens (tertiary/aromatic N) is 1. The Morgan fingerprint density at radius 3 is 2.60 bits per heavy atom. The molecule has 0 amide bonds. The van der Waals surface area contributed by atoms with Gasteiger partial charge in [-0.1, -0.05) is 18.6 Å². The summed E-state index contributed by atoms with van der Waals surface area (Å²) in [7, 11) is 0. The molecule has 1 saturated heterocycles. The molecule has 2 rings (SSSR count). The molecule has 20 heavy (non-hydrogen) atoms. The molecule has 0 aliphatic carbocycles. The van der Waals surface area contributed by atoms with Crippen LogP contribution in [0.5, 0.6) is 0 Å². The Morgan fingerprint density at radius 2 is 2.05 bits per heavy atom. The second-order valence-corrected chi connectivity index (χ2v) is 5.31. The molecule has 3 N–H and O–H groups in total. The molecule has 1 aliphatic heterocycles. The van der Waals surface area contributed by atoms with Crippen LogP contribution in [0.1, 0.15) is 36.3 Å². The smallest absolute Gasteiger partial charge is 0.312 e. The van der Waals surface area contributed by atoms with Crippen LogP contribution in [0.4, 0.5) is 4.39 Å². The van der Waals surface area contributed by atoms with Crippen LogP contribution in [0.2, 0.25) is 0 Å². The van der Waals surface area contributed by atoms with Crippen molar-refractivity contribution in [2.45, 2.75) is 31.7 Å². The highest BCUT2D eigenvalue weighted by atomic mass is 19.1. The predicted molar refractivity (Wildman–Crippen MR) is 75.0 cm³/mol. The fourth-order valence-electron chi connectivity index (χ4n) is 2.65. The maximum Gasteiger partial charge on any atom is 0.312 e. The van der Waals surface area contributed by atoms with Gasteiger partial charge in [0, 0.05) is 18.7 Å². The van der Waals surface area contributed by atoms with Crippen LogP contribution in [0.3, 0.4) is 0 Å². The Balaban J connectivity index is 2.10. The Bertz CT molecular complexity index is 473. The van der Waals surface area contributed by atoms with Crippen molar-refractivity contribution < 1.29 is 14.3 Å². The summed E-state index contributed by atoms with van der Waals surface area (Å²) in [6.45, 7) is 2.57. The van der Waals surface area contributed by atoms with Gasteiger partial charge in [0.05, 0.1) is 5.92 Å². The van der Waals surface area contributed by atoms with Crippen molar-refractivity contribution in [1.82, 2.24) is 4.90 Å². The third kappa shape index (κ3) is 3.55. The van der Waals surface area contributed by atoms with Crippen LogP contribution in [-0.4, -0.2) is 35.6 Å². The number of halogens is 1. The largest absolute Gasteiger partial charge is 0.481 e. The third-order valence-electron chi connectivity index (χ3n) is 3.86. The molecule has 1 atom stereocenters. The van der Waals surface area contributed by atoms with Gasteiger partial charge in [0.15, 0.2) is 0 Å². The van der Waals surface area contributed by atoms with Crippen LogP contribution in [0.25, 0.3) is 0 Å². The summed E-state index contributed by atoms with van der Waals surface area (Å²) in [5, 5.41) is 9.04. The fraction of sp³-hybridized carbons (Fsp3) is 0.533. The summed E-state index contributed by atoms with van der Waals surface area (Å²) in [6, 6.07) is 4.67. The molecule has 1 aliphatic rings. The monoisotopic (exact) mass is 280 g/mol. The van der Waals surface area contributed by atoms with Gasteiger partial charge in [0.25, 0.3) is 0 Å². The predicted octanol–water partition coefficient (Wildman–Crippen LogP) is 1.94. The van der Waals surface area contributed by atoms with Gasteiger partial charge in [-0.3, -0.25) is 9.69 Å². The first kappa shape index (κ1) is 14.9. The molecule has 1 fully saturated rings. The lowest BCUT2D eigenvalue weighted by atomic mass is 9.97. The average molecular weight is 280 g/mol. The molecular weight excluding hydrogens is 259 g/mol. The Labute approximate surface area is 118 Å². The third-order valence-corrected chi connectivity index (χ3v) is 3.86. The molecule has 1 aromatic rings. The summed E-state index contributed by atoms with van der Waals surface area (Å²) >= 11 is 0. The highest BCUT2D eigenvalue weighted by Gasteiger charge is 2.20. The zero-order valence-electron chi connectivity index (χ0n) is 11.5. The van der Waals surface area contributed by atoms with E-state index in [0.717, 1.165) is 25.9 Å². The number of carboxylic acids is 1. The van der Waals surface area contributed by atoms with E-state index in [2.05, 4.69) is 4.90 Å². The first-order valence-corrected chi connectivity index (χ1v) is 7.05. The van der Waals surface area contributed by atoms with Crippen LogP contribution in [0.15, 0.2) is 18.2 Å². The van der Waals surface area contributed by atoms with E-state index in [9.17, 15) is 9.18 Å². The number of carbonyl (C=O) groups is 1. The minimum absolute atomic E-state index is 0.0275. The number of likely N-dealkylation sites (tertiary alicyclic amines) is 1. The summed E-state index contributed by atoms with van der Waals surface area (Å²) in [5.41, 5.74) is 6.48. The van der Waals surface area contributed by atoms with Crippen molar-refractivity contribution in [3.8, 4) is 0 Å². The van der Waals surface area contributed by atoms with E-state index >= 15 is 0 Å². The van der Waals surface area contributed by atoms with Crippen LogP contribution in [-0.2, 0) is 11.3 Å². The maximum absolute atomic E-state index is 14.1. The number of hydrogen-bond acceptors (Lipinski definition) is 3. The molecule has 0 bridgehead atoms. The molecule has 0 aromatic heterocycles. The average Bonchev–Trinajstić information content (AvgIpc) is 2.43. The second kappa shape index (κ2) is 6.81. The number of benzene rings is 1. The van der Waals surface area contributed by atoms with Crippen molar-refractivity contribution in [2.24, 2.45) is 5.73 Å². The highest BCUT2D eigenvalue weighted by molar-refractivity contribution is 5.76. The van der Waals surface area contributed by atoms with Gasteiger partial charge >= 0.3 is 5.97 Å². The summed E-state index contributed by atoms with van der Waals surface area (Å²) in [4.78, 5) is 13.3. The van der Waals surface area contributed by atoms with Crippen molar-refractivity contribution >= 4 is 5.97 Å². The number of hydrogen-bond donors (Lipinski definition) is 2. The van der Waals surface area contributed by atoms with E-state index in [4.69, 9.17) is 10.8 Å². The highest BCUT2D eigenvalue weighted by Crippen LogP contribution is 2.21. The molecule has 1 unspecified atom stereocenters. The van der Waals surface area contributed by atoms with E-state index in [-0.39, 0.29) is 12.4 Å². The fourth-order valence-corrected chi connectivity index (χ4v) is 2.65. The van der Waals surface area contributed by atoms with Crippen molar-refractivity contribution in [1.29, 1.82) is 0 Å². The quantitative estimate of drug-likeness (QED) is 0.865. The lowest BCUT2D eigenvalue weighted by Crippen LogP contribution is -2.29. The summed E-state index contributed by atoms with van der Waals surface area (Å²) < 4.78 is 14.1. The first-order chi connectivity index (χ1) is 9.61. The zero-order valence-corrected chi connectivity index (χ0v) is 11.5. The van der Waals surface area contributed by atoms with Gasteiger partial charge in [-0.25, -0.2) is 4.39 Å². The van der Waals surface area contributed by atoms with Gasteiger partial charge < -0.3 is 10.8 Å². The molecule has 1 aromatic carbocycles. The normalized spacial score (nSPS) is 17.9. The van der Waals surface area contributed by atoms with Gasteiger partial charge in [-0.2, -0.15) is 0 Å². The van der Waals surface area contributed by atoms with E-state index < -0.39 is 11.9 Å². The standard InChI is InChI=1S/C15H21FN2O2/c16-14-8-11(13(9-17)15(19)20)4-5-12(14)10-18-6-2-1-3-7-18/h4-5,8,13H,1-3,6-7,9-10,17H2,(H,19,20). The SMILES string of the molecule is NCC(C(=O)O)c1ccc(CN2CCCCC2)c(F)c1. The van der Waals surface area contributed by atoms with Crippen LogP contribution in [0, 0.1) is 5.82 Å². The second-order valence-electron chi connectivity index (χ2n) is 5.31. The zero-order chi connectivity index (χ0) is 14.5. The Morgan fingerprint density at radius 1 is 1.35 bits per heavy atom. The molecule has 0 spiro atoms. The van der Waals surface area contributed by atoms with Crippen molar-refractivity contribution in [2.75, 3.05) is 19.6 Å². The number of aliphatic carboxylic acids is 1. The van der Waals surface area contributed by atoms with E-state index in [1.54, 1.807) is 12.1 Å². The molecule has 5 heteroatoms. The topological polar surface area (TPSA) is 66.6 Å². The van der Waals surface area contributed by atoms with E-state index in [1.165, 1.54) is 12.5 Å². The number of nitrogens with two attached hydrogens (primary N) is 1. The maximum atomic E-state index is 14.1. The van der Waals surface area contributed by atoms with Gasteiger partial charge in [0.1, 0.15) is 5.82 Å². The molecule has 4 nitrogen and oxygen atoms in total.